The summed E-state index contributed by atoms with van der Waals surface area (Å²) in [5.41, 5.74) is -2.31. The highest BCUT2D eigenvalue weighted by Crippen LogP contribution is 2.57. The fourth-order valence-electron chi connectivity index (χ4n) is 4.35. The number of hydrogen-bond acceptors (Lipinski definition) is 12. The van der Waals surface area contributed by atoms with Crippen molar-refractivity contribution in [1.82, 2.24) is 15.0 Å². The molecule has 1 aliphatic rings. The van der Waals surface area contributed by atoms with Crippen LogP contribution in [-0.2, 0) is 0 Å². The van der Waals surface area contributed by atoms with Crippen LogP contribution in [0.5, 0.6) is 0 Å². The zero-order valence-electron chi connectivity index (χ0n) is 20.8. The fourth-order valence-corrected chi connectivity index (χ4v) is 4.35. The van der Waals surface area contributed by atoms with Crippen molar-refractivity contribution in [2.45, 2.75) is 0 Å². The van der Waals surface area contributed by atoms with Crippen molar-refractivity contribution in [2.75, 3.05) is 0 Å². The Labute approximate surface area is 237 Å². The van der Waals surface area contributed by atoms with E-state index in [0.717, 1.165) is 37.2 Å². The van der Waals surface area contributed by atoms with E-state index >= 15 is 0 Å². The third kappa shape index (κ3) is 4.18. The molecule has 0 unspecified atom stereocenters. The molecule has 0 radical (unpaired) electrons. The molecule has 4 rings (SSSR count). The molecule has 42 heavy (non-hydrogen) atoms. The van der Waals surface area contributed by atoms with Gasteiger partial charge >= 0.3 is 0 Å². The van der Waals surface area contributed by atoms with Gasteiger partial charge in [0, 0.05) is 70.6 Å². The van der Waals surface area contributed by atoms with Crippen molar-refractivity contribution in [3.63, 3.8) is 0 Å². The van der Waals surface area contributed by atoms with Gasteiger partial charge in [0.15, 0.2) is 0 Å². The smallest absolute Gasteiger partial charge is 0.101 e. The minimum Gasteiger partial charge on any atom is -0.262 e. The van der Waals surface area contributed by atoms with Crippen molar-refractivity contribution in [3.8, 4) is 54.6 Å². The Morgan fingerprint density at radius 1 is 0.357 bits per heavy atom. The van der Waals surface area contributed by atoms with Crippen LogP contribution in [0.25, 0.3) is 16.7 Å². The molecule has 0 spiro atoms. The van der Waals surface area contributed by atoms with E-state index in [4.69, 9.17) is 0 Å². The second-order valence-electron chi connectivity index (χ2n) is 8.09. The van der Waals surface area contributed by atoms with Crippen LogP contribution in [0.15, 0.2) is 53.9 Å². The highest BCUT2D eigenvalue weighted by atomic mass is 14.6. The molecular formula is C30H6N12. The number of nitriles is 9. The van der Waals surface area contributed by atoms with Crippen molar-refractivity contribution in [1.29, 1.82) is 47.4 Å². The SMILES string of the molecule is N#CC(=C1C(=C(C#N)c2c(C#N)cncc2C#N)C1=C(C#N)c1c(C#N)cncc1C#N)c1c(C#N)cncc1C#N. The lowest BCUT2D eigenvalue weighted by Gasteiger charge is -2.04. The van der Waals surface area contributed by atoms with Crippen LogP contribution in [0.1, 0.15) is 50.1 Å². The van der Waals surface area contributed by atoms with Crippen LogP contribution in [0, 0.1) is 102 Å². The Morgan fingerprint density at radius 2 is 0.548 bits per heavy atom. The maximum Gasteiger partial charge on any atom is 0.101 e. The van der Waals surface area contributed by atoms with Crippen molar-refractivity contribution >= 4 is 16.7 Å². The monoisotopic (exact) mass is 534 g/mol. The largest absolute Gasteiger partial charge is 0.262 e. The third-order valence-electron chi connectivity index (χ3n) is 6.08. The van der Waals surface area contributed by atoms with Crippen LogP contribution < -0.4 is 0 Å². The zero-order valence-corrected chi connectivity index (χ0v) is 20.8. The lowest BCUT2D eigenvalue weighted by atomic mass is 9.95. The van der Waals surface area contributed by atoms with Crippen molar-refractivity contribution in [3.05, 3.63) is 104 Å². The van der Waals surface area contributed by atoms with Gasteiger partial charge in [0.05, 0.1) is 50.1 Å². The van der Waals surface area contributed by atoms with Gasteiger partial charge in [0.25, 0.3) is 0 Å². The number of aromatic nitrogens is 3. The Kier molecular flexibility index (Phi) is 7.25. The van der Waals surface area contributed by atoms with E-state index in [-0.39, 0.29) is 83.5 Å². The molecule has 0 N–H and O–H groups in total. The van der Waals surface area contributed by atoms with Crippen molar-refractivity contribution < 1.29 is 0 Å². The molecule has 1 saturated carbocycles. The molecule has 0 atom stereocenters. The van der Waals surface area contributed by atoms with Crippen LogP contribution in [-0.4, -0.2) is 15.0 Å². The van der Waals surface area contributed by atoms with Gasteiger partial charge in [0.2, 0.25) is 0 Å². The molecule has 0 amide bonds. The predicted molar refractivity (Wildman–Crippen MR) is 139 cm³/mol. The molecule has 186 valence electrons. The van der Waals surface area contributed by atoms with Gasteiger partial charge in [-0.1, -0.05) is 0 Å². The summed E-state index contributed by atoms with van der Waals surface area (Å²) in [6.07, 6.45) is 6.80. The molecule has 0 aliphatic heterocycles. The number of pyridine rings is 3. The Hall–Kier alpha value is -7.92. The zero-order chi connectivity index (χ0) is 30.4. The quantitative estimate of drug-likeness (QED) is 0.438. The molecule has 3 aromatic heterocycles. The number of hydrogen-bond donors (Lipinski definition) is 0. The summed E-state index contributed by atoms with van der Waals surface area (Å²) in [6, 6.07) is 17.1. The van der Waals surface area contributed by atoms with Crippen LogP contribution in [0.2, 0.25) is 0 Å². The fraction of sp³-hybridized carbons (Fsp3) is 0. The molecule has 12 nitrogen and oxygen atoms in total. The molecule has 0 saturated heterocycles. The number of rotatable bonds is 3. The first-order valence-electron chi connectivity index (χ1n) is 11.3. The van der Waals surface area contributed by atoms with Crippen LogP contribution >= 0.6 is 0 Å². The second kappa shape index (κ2) is 11.2. The van der Waals surface area contributed by atoms with E-state index in [0.29, 0.717) is 0 Å². The normalized spacial score (nSPS) is 10.5. The second-order valence-corrected chi connectivity index (χ2v) is 8.09. The molecule has 1 aliphatic carbocycles. The van der Waals surface area contributed by atoms with Gasteiger partial charge < -0.3 is 0 Å². The topological polar surface area (TPSA) is 253 Å². The van der Waals surface area contributed by atoms with E-state index in [9.17, 15) is 47.4 Å². The molecule has 0 aromatic carbocycles. The number of nitrogens with zero attached hydrogens (tertiary/aromatic N) is 12. The average molecular weight is 534 g/mol. The minimum absolute atomic E-state index is 0.0565. The van der Waals surface area contributed by atoms with Gasteiger partial charge in [-0.3, -0.25) is 15.0 Å². The summed E-state index contributed by atoms with van der Waals surface area (Å²) in [4.78, 5) is 11.5. The maximum atomic E-state index is 10.3. The van der Waals surface area contributed by atoms with E-state index in [2.05, 4.69) is 15.0 Å². The number of allylic oxidation sites excluding steroid dienone is 6. The van der Waals surface area contributed by atoms with Crippen LogP contribution in [0.3, 0.4) is 0 Å². The summed E-state index contributed by atoms with van der Waals surface area (Å²) in [5, 5.41) is 89.4. The molecule has 0 bridgehead atoms. The summed E-state index contributed by atoms with van der Waals surface area (Å²) in [6.45, 7) is 0. The van der Waals surface area contributed by atoms with Crippen LogP contribution in [0.4, 0.5) is 0 Å². The predicted octanol–water partition coefficient (Wildman–Crippen LogP) is 3.35. The van der Waals surface area contributed by atoms with Gasteiger partial charge in [-0.25, -0.2) is 0 Å². The molecule has 3 aromatic rings. The van der Waals surface area contributed by atoms with Gasteiger partial charge in [0.1, 0.15) is 54.6 Å². The van der Waals surface area contributed by atoms with Gasteiger partial charge in [-0.05, 0) is 0 Å². The lowest BCUT2D eigenvalue weighted by molar-refractivity contribution is 1.26. The van der Waals surface area contributed by atoms with Gasteiger partial charge in [-0.2, -0.15) is 47.4 Å². The third-order valence-corrected chi connectivity index (χ3v) is 6.08. The van der Waals surface area contributed by atoms with E-state index in [1.54, 1.807) is 0 Å². The first-order chi connectivity index (χ1) is 20.5. The molecule has 12 heteroatoms. The first kappa shape index (κ1) is 27.1. The molecular weight excluding hydrogens is 528 g/mol. The Bertz CT molecular complexity index is 1870. The Balaban J connectivity index is 2.34. The van der Waals surface area contributed by atoms with E-state index in [1.165, 1.54) is 0 Å². The summed E-state index contributed by atoms with van der Waals surface area (Å²) < 4.78 is 0. The lowest BCUT2D eigenvalue weighted by Crippen LogP contribution is -1.96. The minimum atomic E-state index is -0.284. The standard InChI is InChI=1S/C30H6N12/c31-1-16-10-40-11-17(2-32)25(16)22(7-37)28-29(23(8-38)26-18(3-33)12-41-13-19(26)4-34)30(28)24(9-39)27-20(5-35)14-42-15-21(27)6-36/h10-15H. The van der Waals surface area contributed by atoms with Gasteiger partial charge in [-0.15, -0.1) is 0 Å². The molecule has 3 heterocycles. The van der Waals surface area contributed by atoms with E-state index in [1.807, 2.05) is 54.6 Å². The van der Waals surface area contributed by atoms with Crippen molar-refractivity contribution in [2.24, 2.45) is 0 Å². The highest BCUT2D eigenvalue weighted by molar-refractivity contribution is 6.13. The summed E-state index contributed by atoms with van der Waals surface area (Å²) >= 11 is 0. The highest BCUT2D eigenvalue weighted by Gasteiger charge is 2.43. The van der Waals surface area contributed by atoms with E-state index < -0.39 is 0 Å². The maximum absolute atomic E-state index is 10.3. The summed E-state index contributed by atoms with van der Waals surface area (Å²) in [7, 11) is 0. The first-order valence-corrected chi connectivity index (χ1v) is 11.3. The average Bonchev–Trinajstić information content (AvgIpc) is 3.75. The Morgan fingerprint density at radius 3 is 0.690 bits per heavy atom. The molecule has 1 fully saturated rings. The summed E-state index contributed by atoms with van der Waals surface area (Å²) in [5.74, 6) is 0.